The molecule has 46 heavy (non-hydrogen) atoms. The van der Waals surface area contributed by atoms with Gasteiger partial charge < -0.3 is 4.57 Å². The predicted octanol–water partition coefficient (Wildman–Crippen LogP) is 8.72. The first-order valence-electron chi connectivity index (χ1n) is 14.7. The van der Waals surface area contributed by atoms with E-state index < -0.39 is 11.7 Å². The second-order valence-electron chi connectivity index (χ2n) is 11.4. The van der Waals surface area contributed by atoms with E-state index in [0.29, 0.717) is 51.6 Å². The Morgan fingerprint density at radius 3 is 1.80 bits per heavy atom. The van der Waals surface area contributed by atoms with Gasteiger partial charge in [0, 0.05) is 21.9 Å². The van der Waals surface area contributed by atoms with Crippen molar-refractivity contribution < 1.29 is 13.2 Å². The molecule has 0 aliphatic rings. The number of benzene rings is 4. The van der Waals surface area contributed by atoms with E-state index in [9.17, 15) is 13.2 Å². The van der Waals surface area contributed by atoms with Gasteiger partial charge >= 0.3 is 6.18 Å². The summed E-state index contributed by atoms with van der Waals surface area (Å²) in [6, 6.07) is 23.9. The highest BCUT2D eigenvalue weighted by Gasteiger charge is 2.31. The van der Waals surface area contributed by atoms with E-state index in [4.69, 9.17) is 9.97 Å². The molecule has 7 rings (SSSR count). The van der Waals surface area contributed by atoms with Crippen LogP contribution >= 0.6 is 0 Å². The fourth-order valence-electron chi connectivity index (χ4n) is 6.06. The Morgan fingerprint density at radius 1 is 0.522 bits per heavy atom. The van der Waals surface area contributed by atoms with Crippen LogP contribution in [0.25, 0.3) is 61.4 Å². The largest absolute Gasteiger partial charge is 0.416 e. The van der Waals surface area contributed by atoms with Crippen molar-refractivity contribution in [2.24, 2.45) is 0 Å². The van der Waals surface area contributed by atoms with Gasteiger partial charge in [-0.05, 0) is 99.8 Å². The van der Waals surface area contributed by atoms with Crippen LogP contribution in [-0.4, -0.2) is 34.5 Å². The van der Waals surface area contributed by atoms with E-state index in [-0.39, 0.29) is 0 Å². The van der Waals surface area contributed by atoms with Gasteiger partial charge in [-0.25, -0.2) is 29.9 Å². The maximum Gasteiger partial charge on any atom is 0.416 e. The van der Waals surface area contributed by atoms with Gasteiger partial charge in [0.15, 0.2) is 11.6 Å². The molecule has 3 aromatic heterocycles. The van der Waals surface area contributed by atoms with Gasteiger partial charge in [0.2, 0.25) is 0 Å². The number of nitrogens with zero attached hydrogens (tertiary/aromatic N) is 7. The minimum Gasteiger partial charge on any atom is -0.309 e. The van der Waals surface area contributed by atoms with Crippen molar-refractivity contribution in [1.82, 2.24) is 34.5 Å². The molecule has 0 saturated carbocycles. The van der Waals surface area contributed by atoms with Crippen molar-refractivity contribution in [2.75, 3.05) is 0 Å². The molecule has 10 heteroatoms. The Balaban J connectivity index is 1.49. The van der Waals surface area contributed by atoms with Crippen molar-refractivity contribution in [3.8, 4) is 39.6 Å². The molecule has 0 N–H and O–H groups in total. The number of aromatic nitrogens is 7. The molecular formula is C36H28F3N7. The van der Waals surface area contributed by atoms with E-state index in [1.165, 1.54) is 12.1 Å². The molecule has 0 fully saturated rings. The fourth-order valence-corrected chi connectivity index (χ4v) is 6.06. The number of rotatable bonds is 4. The molecule has 0 saturated heterocycles. The van der Waals surface area contributed by atoms with Crippen LogP contribution < -0.4 is 0 Å². The van der Waals surface area contributed by atoms with Gasteiger partial charge in [-0.1, -0.05) is 30.3 Å². The molecule has 0 spiro atoms. The number of hydrogen-bond donors (Lipinski definition) is 0. The lowest BCUT2D eigenvalue weighted by molar-refractivity contribution is -0.137. The Labute approximate surface area is 262 Å². The summed E-state index contributed by atoms with van der Waals surface area (Å²) in [5.41, 5.74) is 5.26. The van der Waals surface area contributed by atoms with Crippen molar-refractivity contribution >= 4 is 21.8 Å². The van der Waals surface area contributed by atoms with Crippen LogP contribution in [-0.2, 0) is 6.18 Å². The molecule has 7 nitrogen and oxygen atoms in total. The first-order chi connectivity index (χ1) is 21.9. The van der Waals surface area contributed by atoms with Gasteiger partial charge in [0.05, 0.1) is 22.3 Å². The number of fused-ring (bicyclic) bond motifs is 3. The normalized spacial score (nSPS) is 11.9. The van der Waals surface area contributed by atoms with Crippen LogP contribution in [0.4, 0.5) is 13.2 Å². The third-order valence-electron chi connectivity index (χ3n) is 7.87. The molecule has 0 atom stereocenters. The summed E-state index contributed by atoms with van der Waals surface area (Å²) in [4.78, 5) is 27.3. The molecule has 0 aliphatic heterocycles. The van der Waals surface area contributed by atoms with Gasteiger partial charge in [-0.3, -0.25) is 0 Å². The molecule has 4 aromatic carbocycles. The summed E-state index contributed by atoms with van der Waals surface area (Å²) in [6.07, 6.45) is -4.44. The van der Waals surface area contributed by atoms with Crippen LogP contribution in [0.5, 0.6) is 0 Å². The Kier molecular flexibility index (Phi) is 6.88. The number of alkyl halides is 3. The summed E-state index contributed by atoms with van der Waals surface area (Å²) in [7, 11) is 0. The Morgan fingerprint density at radius 2 is 1.13 bits per heavy atom. The van der Waals surface area contributed by atoms with E-state index in [1.54, 1.807) is 13.0 Å². The maximum atomic E-state index is 13.7. The summed E-state index contributed by atoms with van der Waals surface area (Å²) < 4.78 is 43.2. The molecule has 3 heterocycles. The second-order valence-corrected chi connectivity index (χ2v) is 11.4. The highest BCUT2D eigenvalue weighted by atomic mass is 19.4. The van der Waals surface area contributed by atoms with Gasteiger partial charge in [0.1, 0.15) is 23.3 Å². The third-order valence-corrected chi connectivity index (χ3v) is 7.87. The summed E-state index contributed by atoms with van der Waals surface area (Å²) >= 11 is 0. The minimum atomic E-state index is -4.44. The molecule has 0 radical (unpaired) electrons. The highest BCUT2D eigenvalue weighted by molar-refractivity contribution is 6.11. The van der Waals surface area contributed by atoms with Gasteiger partial charge in [-0.2, -0.15) is 13.2 Å². The van der Waals surface area contributed by atoms with Crippen LogP contribution in [0.2, 0.25) is 0 Å². The lowest BCUT2D eigenvalue weighted by Gasteiger charge is -2.15. The quantitative estimate of drug-likeness (QED) is 0.197. The van der Waals surface area contributed by atoms with Crippen molar-refractivity contribution in [1.29, 1.82) is 0 Å². The van der Waals surface area contributed by atoms with E-state index in [2.05, 4.69) is 24.5 Å². The molecule has 0 bridgehead atoms. The Hall–Kier alpha value is -5.51. The molecule has 0 aliphatic carbocycles. The standard InChI is InChI=1S/C36H28F3N7/c1-19-14-26(16-27(15-19)36(37,38)39)24-10-12-32-29(17-24)28-8-6-7-9-31(28)46(32)33-13-11-25(34-42-20(2)40-21(3)43-34)18-30(33)35-44-22(4)41-23(5)45-35/h6-18H,1-5H3. The second kappa shape index (κ2) is 10.8. The lowest BCUT2D eigenvalue weighted by Crippen LogP contribution is -2.05. The van der Waals surface area contributed by atoms with Crippen LogP contribution in [0.15, 0.2) is 78.9 Å². The molecule has 228 valence electrons. The summed E-state index contributed by atoms with van der Waals surface area (Å²) in [6.45, 7) is 9.01. The van der Waals surface area contributed by atoms with Gasteiger partial charge in [0.25, 0.3) is 0 Å². The van der Waals surface area contributed by atoms with Crippen LogP contribution in [0, 0.1) is 34.6 Å². The first kappa shape index (κ1) is 29.2. The topological polar surface area (TPSA) is 82.3 Å². The van der Waals surface area contributed by atoms with E-state index in [1.807, 2.05) is 88.4 Å². The third kappa shape index (κ3) is 5.25. The van der Waals surface area contributed by atoms with Crippen molar-refractivity contribution in [3.63, 3.8) is 0 Å². The zero-order chi connectivity index (χ0) is 32.3. The van der Waals surface area contributed by atoms with Crippen LogP contribution in [0.3, 0.4) is 0 Å². The predicted molar refractivity (Wildman–Crippen MR) is 173 cm³/mol. The number of para-hydroxylation sites is 1. The minimum absolute atomic E-state index is 0.506. The Bertz CT molecular complexity index is 2280. The smallest absolute Gasteiger partial charge is 0.309 e. The average molecular weight is 616 g/mol. The SMILES string of the molecule is Cc1cc(-c2ccc3c(c2)c2ccccc2n3-c2ccc(-c3nc(C)nc(C)n3)cc2-c2nc(C)nc(C)n2)cc(C(F)(F)F)c1. The average Bonchev–Trinajstić information content (AvgIpc) is 3.32. The van der Waals surface area contributed by atoms with Crippen LogP contribution in [0.1, 0.15) is 34.4 Å². The molecule has 0 unspecified atom stereocenters. The zero-order valence-corrected chi connectivity index (χ0v) is 25.8. The zero-order valence-electron chi connectivity index (χ0n) is 25.8. The monoisotopic (exact) mass is 615 g/mol. The van der Waals surface area contributed by atoms with Crippen molar-refractivity contribution in [3.05, 3.63) is 113 Å². The summed E-state index contributed by atoms with van der Waals surface area (Å²) in [5, 5.41) is 1.87. The van der Waals surface area contributed by atoms with Gasteiger partial charge in [-0.15, -0.1) is 0 Å². The highest BCUT2D eigenvalue weighted by Crippen LogP contribution is 2.39. The molecule has 0 amide bonds. The van der Waals surface area contributed by atoms with E-state index in [0.717, 1.165) is 38.6 Å². The van der Waals surface area contributed by atoms with Crippen molar-refractivity contribution in [2.45, 2.75) is 40.8 Å². The number of aryl methyl sites for hydroxylation is 5. The number of hydrogen-bond acceptors (Lipinski definition) is 6. The summed E-state index contributed by atoms with van der Waals surface area (Å²) in [5.74, 6) is 3.47. The number of halogens is 3. The molecular weight excluding hydrogens is 587 g/mol. The fraction of sp³-hybridized carbons (Fsp3) is 0.167. The van der Waals surface area contributed by atoms with E-state index >= 15 is 0 Å². The lowest BCUT2D eigenvalue weighted by atomic mass is 9.98. The first-order valence-corrected chi connectivity index (χ1v) is 14.7. The molecule has 7 aromatic rings. The maximum absolute atomic E-state index is 13.7.